The van der Waals surface area contributed by atoms with E-state index in [2.05, 4.69) is 94.8 Å². The standard InChI is InChI=1S/C47H33N5O/c1-31(53)48-41-26-13-11-22-37(41)39-25-15-24-36(34-28-29-43-40(30-34)38-23-12-14-27-42(38)52(43)35-20-9-4-10-21-35)44(39)47-50-45(32-16-5-2-6-17-32)49-46(51-47)33-18-7-3-8-19-33/h2-30H,1H3,(H,48,53). The fourth-order valence-electron chi connectivity index (χ4n) is 7.19. The second-order valence-corrected chi connectivity index (χ2v) is 12.9. The monoisotopic (exact) mass is 683 g/mol. The van der Waals surface area contributed by atoms with Crippen molar-refractivity contribution in [2.24, 2.45) is 0 Å². The smallest absolute Gasteiger partial charge is 0.221 e. The molecule has 7 aromatic carbocycles. The first-order valence-corrected chi connectivity index (χ1v) is 17.6. The van der Waals surface area contributed by atoms with Crippen LogP contribution in [0.25, 0.3) is 83.9 Å². The van der Waals surface area contributed by atoms with Crippen LogP contribution in [-0.2, 0) is 4.79 Å². The van der Waals surface area contributed by atoms with Gasteiger partial charge in [-0.2, -0.15) is 0 Å². The summed E-state index contributed by atoms with van der Waals surface area (Å²) in [6.45, 7) is 1.53. The third-order valence-corrected chi connectivity index (χ3v) is 9.51. The second kappa shape index (κ2) is 13.5. The van der Waals surface area contributed by atoms with Crippen LogP contribution in [-0.4, -0.2) is 25.4 Å². The minimum atomic E-state index is -0.145. The van der Waals surface area contributed by atoms with E-state index >= 15 is 0 Å². The third-order valence-electron chi connectivity index (χ3n) is 9.51. The first-order chi connectivity index (χ1) is 26.1. The van der Waals surface area contributed by atoms with Crippen molar-refractivity contribution in [3.05, 3.63) is 176 Å². The predicted molar refractivity (Wildman–Crippen MR) is 216 cm³/mol. The zero-order valence-corrected chi connectivity index (χ0v) is 28.9. The fraction of sp³-hybridized carbons (Fsp3) is 0.0213. The van der Waals surface area contributed by atoms with Gasteiger partial charge in [-0.3, -0.25) is 4.79 Å². The number of aromatic nitrogens is 4. The van der Waals surface area contributed by atoms with Gasteiger partial charge in [-0.1, -0.05) is 140 Å². The van der Waals surface area contributed by atoms with Gasteiger partial charge in [-0.25, -0.2) is 15.0 Å². The molecule has 2 aromatic heterocycles. The number of hydrogen-bond donors (Lipinski definition) is 1. The van der Waals surface area contributed by atoms with Gasteiger partial charge < -0.3 is 9.88 Å². The second-order valence-electron chi connectivity index (χ2n) is 12.9. The molecule has 0 aliphatic heterocycles. The lowest BCUT2D eigenvalue weighted by molar-refractivity contribution is -0.114. The van der Waals surface area contributed by atoms with E-state index in [-0.39, 0.29) is 5.91 Å². The zero-order chi connectivity index (χ0) is 35.7. The average molecular weight is 684 g/mol. The van der Waals surface area contributed by atoms with E-state index in [0.717, 1.165) is 61.1 Å². The van der Waals surface area contributed by atoms with Crippen molar-refractivity contribution in [2.45, 2.75) is 6.92 Å². The van der Waals surface area contributed by atoms with E-state index < -0.39 is 0 Å². The maximum atomic E-state index is 12.4. The highest BCUT2D eigenvalue weighted by Crippen LogP contribution is 2.43. The van der Waals surface area contributed by atoms with Crippen molar-refractivity contribution in [2.75, 3.05) is 5.32 Å². The van der Waals surface area contributed by atoms with E-state index in [1.54, 1.807) is 0 Å². The van der Waals surface area contributed by atoms with Crippen molar-refractivity contribution in [1.29, 1.82) is 0 Å². The Hall–Kier alpha value is -7.18. The summed E-state index contributed by atoms with van der Waals surface area (Å²) in [4.78, 5) is 27.8. The lowest BCUT2D eigenvalue weighted by Gasteiger charge is -2.18. The number of benzene rings is 7. The highest BCUT2D eigenvalue weighted by atomic mass is 16.1. The van der Waals surface area contributed by atoms with Gasteiger partial charge in [-0.15, -0.1) is 0 Å². The lowest BCUT2D eigenvalue weighted by atomic mass is 9.90. The van der Waals surface area contributed by atoms with Crippen molar-refractivity contribution >= 4 is 33.4 Å². The van der Waals surface area contributed by atoms with Crippen molar-refractivity contribution in [3.8, 4) is 62.1 Å². The first-order valence-electron chi connectivity index (χ1n) is 17.6. The normalized spacial score (nSPS) is 11.2. The molecule has 53 heavy (non-hydrogen) atoms. The van der Waals surface area contributed by atoms with Crippen LogP contribution in [0.3, 0.4) is 0 Å². The Morgan fingerprint density at radius 2 is 1.02 bits per heavy atom. The van der Waals surface area contributed by atoms with Gasteiger partial charge >= 0.3 is 0 Å². The van der Waals surface area contributed by atoms with Gasteiger partial charge in [0.2, 0.25) is 5.91 Å². The Labute approximate surface area is 307 Å². The Bertz CT molecular complexity index is 2720. The molecular weight excluding hydrogens is 651 g/mol. The summed E-state index contributed by atoms with van der Waals surface area (Å²) in [6.07, 6.45) is 0. The molecule has 0 bridgehead atoms. The summed E-state index contributed by atoms with van der Waals surface area (Å²) >= 11 is 0. The van der Waals surface area contributed by atoms with Gasteiger partial charge in [0.15, 0.2) is 17.5 Å². The summed E-state index contributed by atoms with van der Waals surface area (Å²) in [6, 6.07) is 59.8. The molecule has 0 saturated heterocycles. The molecule has 252 valence electrons. The molecule has 0 atom stereocenters. The van der Waals surface area contributed by atoms with Crippen LogP contribution in [0.5, 0.6) is 0 Å². The summed E-state index contributed by atoms with van der Waals surface area (Å²) in [7, 11) is 0. The van der Waals surface area contributed by atoms with Crippen LogP contribution in [0, 0.1) is 0 Å². The Morgan fingerprint density at radius 1 is 0.472 bits per heavy atom. The van der Waals surface area contributed by atoms with Crippen molar-refractivity contribution in [3.63, 3.8) is 0 Å². The molecule has 2 heterocycles. The van der Waals surface area contributed by atoms with Crippen molar-refractivity contribution in [1.82, 2.24) is 19.5 Å². The summed E-state index contributed by atoms with van der Waals surface area (Å²) in [5.74, 6) is 1.54. The quantitative estimate of drug-likeness (QED) is 0.181. The number of nitrogens with one attached hydrogen (secondary N) is 1. The number of fused-ring (bicyclic) bond motifs is 3. The molecule has 9 rings (SSSR count). The molecule has 6 heteroatoms. The number of nitrogens with zero attached hydrogens (tertiary/aromatic N) is 4. The molecule has 1 amide bonds. The highest BCUT2D eigenvalue weighted by molar-refractivity contribution is 6.11. The summed E-state index contributed by atoms with van der Waals surface area (Å²) in [5.41, 5.74) is 10.4. The molecule has 1 N–H and O–H groups in total. The molecule has 0 unspecified atom stereocenters. The molecule has 0 fully saturated rings. The van der Waals surface area contributed by atoms with Gasteiger partial charge in [0.05, 0.1) is 11.0 Å². The minimum Gasteiger partial charge on any atom is -0.326 e. The molecule has 0 spiro atoms. The van der Waals surface area contributed by atoms with E-state index in [1.807, 2.05) is 91.0 Å². The number of para-hydroxylation sites is 3. The molecule has 0 aliphatic rings. The average Bonchev–Trinajstić information content (AvgIpc) is 3.55. The van der Waals surface area contributed by atoms with Crippen LogP contribution in [0.1, 0.15) is 6.92 Å². The van der Waals surface area contributed by atoms with Crippen LogP contribution in [0.15, 0.2) is 176 Å². The molecule has 9 aromatic rings. The van der Waals surface area contributed by atoms with Crippen molar-refractivity contribution < 1.29 is 4.79 Å². The van der Waals surface area contributed by atoms with E-state index in [1.165, 1.54) is 12.3 Å². The summed E-state index contributed by atoms with van der Waals surface area (Å²) in [5, 5.41) is 5.36. The Morgan fingerprint density at radius 3 is 1.72 bits per heavy atom. The van der Waals surface area contributed by atoms with E-state index in [0.29, 0.717) is 23.2 Å². The van der Waals surface area contributed by atoms with Crippen LogP contribution in [0.4, 0.5) is 5.69 Å². The molecule has 0 saturated carbocycles. The van der Waals surface area contributed by atoms with E-state index in [4.69, 9.17) is 15.0 Å². The van der Waals surface area contributed by atoms with Crippen LogP contribution < -0.4 is 5.32 Å². The minimum absolute atomic E-state index is 0.145. The molecule has 0 aliphatic carbocycles. The van der Waals surface area contributed by atoms with Crippen LogP contribution in [0.2, 0.25) is 0 Å². The molecule has 6 nitrogen and oxygen atoms in total. The Balaban J connectivity index is 1.35. The van der Waals surface area contributed by atoms with Crippen LogP contribution >= 0.6 is 0 Å². The van der Waals surface area contributed by atoms with Gasteiger partial charge in [0, 0.05) is 51.3 Å². The third kappa shape index (κ3) is 5.92. The number of hydrogen-bond acceptors (Lipinski definition) is 4. The lowest BCUT2D eigenvalue weighted by Crippen LogP contribution is -2.07. The number of rotatable bonds is 7. The van der Waals surface area contributed by atoms with E-state index in [9.17, 15) is 4.79 Å². The number of carbonyl (C=O) groups is 1. The van der Waals surface area contributed by atoms with Gasteiger partial charge in [-0.05, 0) is 53.1 Å². The summed E-state index contributed by atoms with van der Waals surface area (Å²) < 4.78 is 2.32. The molecule has 0 radical (unpaired) electrons. The predicted octanol–water partition coefficient (Wildman–Crippen LogP) is 11.3. The topological polar surface area (TPSA) is 72.7 Å². The highest BCUT2D eigenvalue weighted by Gasteiger charge is 2.22. The maximum absolute atomic E-state index is 12.4. The SMILES string of the molecule is CC(=O)Nc1ccccc1-c1cccc(-c2ccc3c(c2)c2ccccc2n3-c2ccccc2)c1-c1nc(-c2ccccc2)nc(-c2ccccc2)n1. The number of carbonyl (C=O) groups excluding carboxylic acids is 1. The van der Waals surface area contributed by atoms with Gasteiger partial charge in [0.25, 0.3) is 0 Å². The largest absolute Gasteiger partial charge is 0.326 e. The first kappa shape index (κ1) is 31.8. The fourth-order valence-corrected chi connectivity index (χ4v) is 7.19. The number of amides is 1. The van der Waals surface area contributed by atoms with Gasteiger partial charge in [0.1, 0.15) is 0 Å². The zero-order valence-electron chi connectivity index (χ0n) is 28.9. The Kier molecular flexibility index (Phi) is 8.10. The molecular formula is C47H33N5O. The number of anilines is 1. The maximum Gasteiger partial charge on any atom is 0.221 e.